The Morgan fingerprint density at radius 2 is 1.53 bits per heavy atom. The Balaban J connectivity index is 2.59. The number of likely N-dealkylation sites (N-methyl/N-ethyl adjacent to an activating group) is 1. The minimum absolute atomic E-state index is 0.00496. The standard InChI is InChI=1S/C36H66N6O7/c1-9-10-12-15-22(4)31-24(6)36(48)42(8)28(18-21(2)3)33(45)41-30(26-16-13-11-14-17-26)35(47)39-27(19-37)32(44)40-29(25(7)43)34(46)38-23(5)20-49-31/h21-31,43H,9-20,37H2,1-8H3,(H,38,46)(H,39,47)(H,40,44)(H,41,45)/t22?,23-,24-,25?,27+,28+,29+,30+,31-/m1/s1. The predicted molar refractivity (Wildman–Crippen MR) is 189 cm³/mol. The van der Waals surface area contributed by atoms with Crippen molar-refractivity contribution in [1.82, 2.24) is 26.2 Å². The third kappa shape index (κ3) is 12.8. The monoisotopic (exact) mass is 694 g/mol. The van der Waals surface area contributed by atoms with Crippen molar-refractivity contribution in [2.45, 2.75) is 155 Å². The molecular weight excluding hydrogens is 628 g/mol. The van der Waals surface area contributed by atoms with Gasteiger partial charge in [-0.15, -0.1) is 0 Å². The van der Waals surface area contributed by atoms with E-state index in [1.807, 2.05) is 20.8 Å². The van der Waals surface area contributed by atoms with Crippen LogP contribution in [0.5, 0.6) is 0 Å². The average molecular weight is 695 g/mol. The molecular formula is C36H66N6O7. The number of aliphatic hydroxyl groups excluding tert-OH is 1. The zero-order chi connectivity index (χ0) is 36.8. The maximum atomic E-state index is 14.2. The molecule has 282 valence electrons. The van der Waals surface area contributed by atoms with Crippen LogP contribution in [0.1, 0.15) is 113 Å². The van der Waals surface area contributed by atoms with E-state index >= 15 is 0 Å². The lowest BCUT2D eigenvalue weighted by molar-refractivity contribution is -0.149. The number of ether oxygens (including phenoxy) is 1. The third-order valence-electron chi connectivity index (χ3n) is 10.1. The van der Waals surface area contributed by atoms with Gasteiger partial charge in [0.25, 0.3) is 0 Å². The normalized spacial score (nSPS) is 30.7. The van der Waals surface area contributed by atoms with Gasteiger partial charge in [0, 0.05) is 19.6 Å². The highest BCUT2D eigenvalue weighted by Gasteiger charge is 2.40. The van der Waals surface area contributed by atoms with Crippen LogP contribution in [0.3, 0.4) is 0 Å². The second kappa shape index (κ2) is 20.8. The molecule has 9 atom stereocenters. The van der Waals surface area contributed by atoms with Crippen LogP contribution in [0, 0.1) is 23.7 Å². The van der Waals surface area contributed by atoms with Gasteiger partial charge < -0.3 is 41.7 Å². The summed E-state index contributed by atoms with van der Waals surface area (Å²) in [6.45, 7) is 12.9. The predicted octanol–water partition coefficient (Wildman–Crippen LogP) is 1.99. The lowest BCUT2D eigenvalue weighted by Gasteiger charge is -2.37. The molecule has 0 spiro atoms. The highest BCUT2D eigenvalue weighted by Crippen LogP contribution is 2.28. The molecule has 1 saturated heterocycles. The molecule has 0 bridgehead atoms. The first-order valence-electron chi connectivity index (χ1n) is 18.6. The summed E-state index contributed by atoms with van der Waals surface area (Å²) in [5.74, 6) is -3.30. The molecule has 5 amide bonds. The summed E-state index contributed by atoms with van der Waals surface area (Å²) >= 11 is 0. The van der Waals surface area contributed by atoms with Gasteiger partial charge in [-0.05, 0) is 57.3 Å². The van der Waals surface area contributed by atoms with Crippen molar-refractivity contribution >= 4 is 29.5 Å². The number of hydrogen-bond acceptors (Lipinski definition) is 8. The quantitative estimate of drug-likeness (QED) is 0.187. The van der Waals surface area contributed by atoms with Gasteiger partial charge in [-0.1, -0.05) is 73.1 Å². The molecule has 2 fully saturated rings. The van der Waals surface area contributed by atoms with Gasteiger partial charge in [0.15, 0.2) is 0 Å². The highest BCUT2D eigenvalue weighted by molar-refractivity contribution is 5.96. The van der Waals surface area contributed by atoms with Gasteiger partial charge in [-0.2, -0.15) is 0 Å². The topological polar surface area (TPSA) is 192 Å². The van der Waals surface area contributed by atoms with E-state index in [1.54, 1.807) is 14.0 Å². The molecule has 7 N–H and O–H groups in total. The van der Waals surface area contributed by atoms with Crippen molar-refractivity contribution in [3.05, 3.63) is 0 Å². The van der Waals surface area contributed by atoms with E-state index in [-0.39, 0.29) is 36.8 Å². The van der Waals surface area contributed by atoms with E-state index in [4.69, 9.17) is 10.5 Å². The molecule has 1 saturated carbocycles. The van der Waals surface area contributed by atoms with Crippen molar-refractivity contribution in [3.63, 3.8) is 0 Å². The molecule has 1 aliphatic carbocycles. The Bertz CT molecular complexity index is 1080. The Kier molecular flexibility index (Phi) is 18.0. The van der Waals surface area contributed by atoms with Crippen LogP contribution >= 0.6 is 0 Å². The maximum Gasteiger partial charge on any atom is 0.245 e. The molecule has 49 heavy (non-hydrogen) atoms. The number of nitrogens with zero attached hydrogens (tertiary/aromatic N) is 1. The fraction of sp³-hybridized carbons (Fsp3) is 0.861. The number of carbonyl (C=O) groups excluding carboxylic acids is 5. The summed E-state index contributed by atoms with van der Waals surface area (Å²) in [7, 11) is 1.64. The summed E-state index contributed by atoms with van der Waals surface area (Å²) < 4.78 is 6.41. The second-order valence-electron chi connectivity index (χ2n) is 15.0. The van der Waals surface area contributed by atoms with Gasteiger partial charge in [0.05, 0.1) is 24.7 Å². The maximum absolute atomic E-state index is 14.2. The molecule has 1 aliphatic heterocycles. The van der Waals surface area contributed by atoms with Gasteiger partial charge in [0.1, 0.15) is 24.2 Å². The van der Waals surface area contributed by atoms with Crippen molar-refractivity contribution in [3.8, 4) is 0 Å². The van der Waals surface area contributed by atoms with Crippen LogP contribution in [0.4, 0.5) is 0 Å². The molecule has 0 aromatic carbocycles. The average Bonchev–Trinajstić information content (AvgIpc) is 3.06. The molecule has 2 rings (SSSR count). The van der Waals surface area contributed by atoms with Crippen molar-refractivity contribution in [2.24, 2.45) is 29.4 Å². The first-order chi connectivity index (χ1) is 23.1. The summed E-state index contributed by atoms with van der Waals surface area (Å²) in [5.41, 5.74) is 5.94. The Morgan fingerprint density at radius 3 is 2.10 bits per heavy atom. The first-order valence-corrected chi connectivity index (χ1v) is 18.6. The smallest absolute Gasteiger partial charge is 0.245 e. The zero-order valence-corrected chi connectivity index (χ0v) is 31.3. The van der Waals surface area contributed by atoms with E-state index < -0.39 is 72.0 Å². The summed E-state index contributed by atoms with van der Waals surface area (Å²) in [4.78, 5) is 70.5. The summed E-state index contributed by atoms with van der Waals surface area (Å²) in [6, 6.07) is -4.88. The second-order valence-corrected chi connectivity index (χ2v) is 15.0. The third-order valence-corrected chi connectivity index (χ3v) is 10.1. The molecule has 0 radical (unpaired) electrons. The van der Waals surface area contributed by atoms with Crippen molar-refractivity contribution < 1.29 is 33.8 Å². The molecule has 2 aliphatic rings. The zero-order valence-electron chi connectivity index (χ0n) is 31.3. The first kappa shape index (κ1) is 42.4. The number of rotatable bonds is 10. The van der Waals surface area contributed by atoms with Crippen LogP contribution in [0.15, 0.2) is 0 Å². The van der Waals surface area contributed by atoms with Gasteiger partial charge in [-0.25, -0.2) is 0 Å². The van der Waals surface area contributed by atoms with Gasteiger partial charge in [0.2, 0.25) is 29.5 Å². The van der Waals surface area contributed by atoms with Crippen LogP contribution in [-0.2, 0) is 28.7 Å². The van der Waals surface area contributed by atoms with Crippen LogP contribution in [-0.4, -0.2) is 102 Å². The molecule has 13 heteroatoms. The van der Waals surface area contributed by atoms with Crippen molar-refractivity contribution in [1.29, 1.82) is 0 Å². The van der Waals surface area contributed by atoms with E-state index in [0.29, 0.717) is 6.42 Å². The number of nitrogens with two attached hydrogens (primary N) is 1. The van der Waals surface area contributed by atoms with Gasteiger partial charge in [-0.3, -0.25) is 24.0 Å². The number of amides is 5. The van der Waals surface area contributed by atoms with Crippen LogP contribution < -0.4 is 27.0 Å². The molecule has 0 aromatic rings. The Labute approximate surface area is 294 Å². The fourth-order valence-corrected chi connectivity index (χ4v) is 7.08. The number of unbranched alkanes of at least 4 members (excludes halogenated alkanes) is 2. The lowest BCUT2D eigenvalue weighted by atomic mass is 9.83. The van der Waals surface area contributed by atoms with E-state index in [1.165, 1.54) is 11.8 Å². The van der Waals surface area contributed by atoms with E-state index in [9.17, 15) is 29.1 Å². The Hall–Kier alpha value is -2.77. The van der Waals surface area contributed by atoms with Crippen LogP contribution in [0.2, 0.25) is 0 Å². The molecule has 13 nitrogen and oxygen atoms in total. The SMILES string of the molecule is CCCCCC(C)[C@H]1OC[C@@H](C)NC(=O)[C@H](C(C)O)NC(=O)[C@H](CN)NC(=O)[C@H](C2CCCCC2)NC(=O)[C@H](CC(C)C)N(C)C(=O)[C@@H]1C. The largest absolute Gasteiger partial charge is 0.391 e. The fourth-order valence-electron chi connectivity index (χ4n) is 7.08. The minimum atomic E-state index is -1.33. The van der Waals surface area contributed by atoms with E-state index in [2.05, 4.69) is 35.1 Å². The van der Waals surface area contributed by atoms with Crippen LogP contribution in [0.25, 0.3) is 0 Å². The molecule has 0 aromatic heterocycles. The Morgan fingerprint density at radius 1 is 0.878 bits per heavy atom. The highest BCUT2D eigenvalue weighted by atomic mass is 16.5. The summed E-state index contributed by atoms with van der Waals surface area (Å²) in [5, 5.41) is 21.5. The molecule has 2 unspecified atom stereocenters. The van der Waals surface area contributed by atoms with Crippen molar-refractivity contribution in [2.75, 3.05) is 20.2 Å². The summed E-state index contributed by atoms with van der Waals surface area (Å²) in [6.07, 6.45) is 6.81. The minimum Gasteiger partial charge on any atom is -0.391 e. The van der Waals surface area contributed by atoms with Gasteiger partial charge >= 0.3 is 0 Å². The number of carbonyl (C=O) groups is 5. The van der Waals surface area contributed by atoms with E-state index in [0.717, 1.165) is 57.8 Å². The number of nitrogens with one attached hydrogen (secondary N) is 4. The lowest BCUT2D eigenvalue weighted by Crippen LogP contribution is -2.62. The molecule has 1 heterocycles. The number of hydrogen-bond donors (Lipinski definition) is 6. The number of aliphatic hydroxyl groups is 1.